The number of rotatable bonds is 5. The van der Waals surface area contributed by atoms with Gasteiger partial charge in [0, 0.05) is 37.0 Å². The molecule has 0 aliphatic carbocycles. The van der Waals surface area contributed by atoms with Crippen molar-refractivity contribution in [2.24, 2.45) is 0 Å². The number of likely N-dealkylation sites (tertiary alicyclic amines) is 1. The van der Waals surface area contributed by atoms with E-state index in [0.717, 1.165) is 36.7 Å². The van der Waals surface area contributed by atoms with Crippen LogP contribution in [0.4, 0.5) is 11.6 Å². The zero-order valence-electron chi connectivity index (χ0n) is 16.4. The number of aromatic nitrogens is 2. The van der Waals surface area contributed by atoms with Crippen LogP contribution in [0, 0.1) is 6.92 Å². The average molecular weight is 388 g/mol. The summed E-state index contributed by atoms with van der Waals surface area (Å²) in [5.74, 6) is 2.53. The molecular weight excluding hydrogens is 364 g/mol. The number of nitrogens with one attached hydrogen (secondary N) is 1. The minimum absolute atomic E-state index is 0.0162. The molecule has 4 rings (SSSR count). The van der Waals surface area contributed by atoms with Crippen molar-refractivity contribution in [3.63, 3.8) is 0 Å². The first-order valence-electron chi connectivity index (χ1n) is 9.84. The summed E-state index contributed by atoms with van der Waals surface area (Å²) in [4.78, 5) is 23.4. The zero-order chi connectivity index (χ0) is 20.1. The predicted octanol–water partition coefficient (Wildman–Crippen LogP) is 4.54. The molecule has 3 aromatic heterocycles. The van der Waals surface area contributed by atoms with Gasteiger partial charge in [-0.1, -0.05) is 6.07 Å². The first-order valence-corrected chi connectivity index (χ1v) is 9.84. The lowest BCUT2D eigenvalue weighted by atomic mass is 9.91. The molecule has 3 aromatic rings. The van der Waals surface area contributed by atoms with Crippen LogP contribution in [0.3, 0.4) is 0 Å². The van der Waals surface area contributed by atoms with E-state index in [1.807, 2.05) is 54.4 Å². The lowest BCUT2D eigenvalue weighted by molar-refractivity contribution is -0.127. The number of hydrogen-bond acceptors (Lipinski definition) is 5. The van der Waals surface area contributed by atoms with Crippen LogP contribution in [-0.4, -0.2) is 33.9 Å². The van der Waals surface area contributed by atoms with Crippen molar-refractivity contribution in [2.45, 2.75) is 25.7 Å². The van der Waals surface area contributed by atoms with Crippen molar-refractivity contribution >= 4 is 23.6 Å². The van der Waals surface area contributed by atoms with Gasteiger partial charge in [0.2, 0.25) is 5.91 Å². The number of piperidine rings is 1. The van der Waals surface area contributed by atoms with Gasteiger partial charge in [-0.25, -0.2) is 9.97 Å². The maximum Gasteiger partial charge on any atom is 0.246 e. The van der Waals surface area contributed by atoms with E-state index in [-0.39, 0.29) is 5.91 Å². The van der Waals surface area contributed by atoms with Crippen molar-refractivity contribution < 1.29 is 9.21 Å². The number of nitrogens with zero attached hydrogens (tertiary/aromatic N) is 3. The number of aryl methyl sites for hydroxylation is 1. The molecule has 1 amide bonds. The molecular formula is C23H24N4O2. The highest BCUT2D eigenvalue weighted by atomic mass is 16.3. The molecule has 1 saturated heterocycles. The Labute approximate surface area is 170 Å². The van der Waals surface area contributed by atoms with E-state index in [2.05, 4.69) is 21.4 Å². The molecule has 0 saturated carbocycles. The topological polar surface area (TPSA) is 71.3 Å². The Hall–Kier alpha value is -3.41. The van der Waals surface area contributed by atoms with Crippen LogP contribution in [0.1, 0.15) is 35.8 Å². The van der Waals surface area contributed by atoms with Crippen molar-refractivity contribution in [1.29, 1.82) is 0 Å². The summed E-state index contributed by atoms with van der Waals surface area (Å²) in [6, 6.07) is 13.6. The molecule has 0 bridgehead atoms. The van der Waals surface area contributed by atoms with Crippen LogP contribution in [0.2, 0.25) is 0 Å². The van der Waals surface area contributed by atoms with E-state index in [4.69, 9.17) is 4.42 Å². The third-order valence-corrected chi connectivity index (χ3v) is 5.07. The fourth-order valence-corrected chi connectivity index (χ4v) is 3.61. The quantitative estimate of drug-likeness (QED) is 0.650. The van der Waals surface area contributed by atoms with Gasteiger partial charge in [-0.15, -0.1) is 0 Å². The molecule has 1 N–H and O–H groups in total. The van der Waals surface area contributed by atoms with E-state index in [9.17, 15) is 4.79 Å². The van der Waals surface area contributed by atoms with Crippen LogP contribution in [0.15, 0.2) is 65.4 Å². The normalized spacial score (nSPS) is 16.9. The van der Waals surface area contributed by atoms with Gasteiger partial charge in [-0.05, 0) is 67.8 Å². The summed E-state index contributed by atoms with van der Waals surface area (Å²) < 4.78 is 5.25. The predicted molar refractivity (Wildman–Crippen MR) is 113 cm³/mol. The highest BCUT2D eigenvalue weighted by Gasteiger charge is 2.24. The summed E-state index contributed by atoms with van der Waals surface area (Å²) in [7, 11) is 0. The Morgan fingerprint density at radius 2 is 2.17 bits per heavy atom. The summed E-state index contributed by atoms with van der Waals surface area (Å²) >= 11 is 0. The molecule has 1 fully saturated rings. The molecule has 1 aliphatic heterocycles. The van der Waals surface area contributed by atoms with Gasteiger partial charge >= 0.3 is 0 Å². The van der Waals surface area contributed by atoms with Crippen LogP contribution < -0.4 is 5.32 Å². The molecule has 4 heterocycles. The van der Waals surface area contributed by atoms with Gasteiger partial charge in [0.15, 0.2) is 0 Å². The molecule has 0 spiro atoms. The van der Waals surface area contributed by atoms with Crippen molar-refractivity contribution in [1.82, 2.24) is 14.9 Å². The lowest BCUT2D eigenvalue weighted by Gasteiger charge is -2.32. The van der Waals surface area contributed by atoms with E-state index in [1.54, 1.807) is 18.4 Å². The number of furan rings is 1. The second-order valence-electron chi connectivity index (χ2n) is 7.24. The summed E-state index contributed by atoms with van der Waals surface area (Å²) in [5, 5.41) is 3.27. The monoisotopic (exact) mass is 388 g/mol. The number of pyridine rings is 2. The molecule has 0 radical (unpaired) electrons. The van der Waals surface area contributed by atoms with Crippen LogP contribution in [0.25, 0.3) is 6.08 Å². The maximum absolute atomic E-state index is 12.6. The van der Waals surface area contributed by atoms with Crippen LogP contribution in [-0.2, 0) is 4.79 Å². The van der Waals surface area contributed by atoms with Gasteiger partial charge < -0.3 is 14.6 Å². The first kappa shape index (κ1) is 18.9. The standard InChI is InChI=1S/C23H24N4O2/c1-17-5-2-8-21(25-17)26-22-15-18(11-12-24-22)19-6-3-13-27(16-19)23(28)10-9-20-7-4-14-29-20/h2,4-5,7-12,14-15,19H,3,6,13,16H2,1H3,(H,24,25,26)/b10-9+/t19-/m0/s1. The van der Waals surface area contributed by atoms with Gasteiger partial charge in [0.25, 0.3) is 0 Å². The van der Waals surface area contributed by atoms with Crippen LogP contribution in [0.5, 0.6) is 0 Å². The Kier molecular flexibility index (Phi) is 5.70. The number of carbonyl (C=O) groups is 1. The first-order chi connectivity index (χ1) is 14.2. The highest BCUT2D eigenvalue weighted by molar-refractivity contribution is 5.91. The Morgan fingerprint density at radius 3 is 3.00 bits per heavy atom. The minimum Gasteiger partial charge on any atom is -0.465 e. The number of hydrogen-bond donors (Lipinski definition) is 1. The van der Waals surface area contributed by atoms with Crippen LogP contribution >= 0.6 is 0 Å². The fourth-order valence-electron chi connectivity index (χ4n) is 3.61. The van der Waals surface area contributed by atoms with Gasteiger partial charge in [0.1, 0.15) is 17.4 Å². The Balaban J connectivity index is 1.43. The molecule has 1 aliphatic rings. The minimum atomic E-state index is 0.0162. The van der Waals surface area contributed by atoms with E-state index in [1.165, 1.54) is 5.56 Å². The average Bonchev–Trinajstić information content (AvgIpc) is 3.26. The van der Waals surface area contributed by atoms with E-state index < -0.39 is 0 Å². The second kappa shape index (κ2) is 8.73. The second-order valence-corrected chi connectivity index (χ2v) is 7.24. The highest BCUT2D eigenvalue weighted by Crippen LogP contribution is 2.28. The van der Waals surface area contributed by atoms with E-state index >= 15 is 0 Å². The van der Waals surface area contributed by atoms with Crippen molar-refractivity contribution in [3.8, 4) is 0 Å². The molecule has 29 heavy (non-hydrogen) atoms. The summed E-state index contributed by atoms with van der Waals surface area (Å²) in [5.41, 5.74) is 2.14. The fraction of sp³-hybridized carbons (Fsp3) is 0.261. The SMILES string of the molecule is Cc1cccc(Nc2cc([C@H]3CCCN(C(=O)/C=C/c4ccco4)C3)ccn2)n1. The zero-order valence-corrected chi connectivity index (χ0v) is 16.4. The smallest absolute Gasteiger partial charge is 0.246 e. The van der Waals surface area contributed by atoms with E-state index in [0.29, 0.717) is 18.2 Å². The molecule has 6 heteroatoms. The number of anilines is 2. The third-order valence-electron chi connectivity index (χ3n) is 5.07. The third kappa shape index (κ3) is 4.90. The number of carbonyl (C=O) groups excluding carboxylic acids is 1. The summed E-state index contributed by atoms with van der Waals surface area (Å²) in [6.07, 6.45) is 8.75. The molecule has 0 unspecified atom stereocenters. The Bertz CT molecular complexity index is 998. The van der Waals surface area contributed by atoms with Gasteiger partial charge in [-0.3, -0.25) is 4.79 Å². The molecule has 1 atom stereocenters. The number of amides is 1. The summed E-state index contributed by atoms with van der Waals surface area (Å²) in [6.45, 7) is 3.44. The molecule has 148 valence electrons. The largest absolute Gasteiger partial charge is 0.465 e. The molecule has 6 nitrogen and oxygen atoms in total. The lowest BCUT2D eigenvalue weighted by Crippen LogP contribution is -2.38. The van der Waals surface area contributed by atoms with Crippen molar-refractivity contribution in [3.05, 3.63) is 78.0 Å². The maximum atomic E-state index is 12.6. The molecule has 0 aromatic carbocycles. The Morgan fingerprint density at radius 1 is 1.24 bits per heavy atom. The van der Waals surface area contributed by atoms with Crippen molar-refractivity contribution in [2.75, 3.05) is 18.4 Å². The van der Waals surface area contributed by atoms with Gasteiger partial charge in [-0.2, -0.15) is 0 Å². The van der Waals surface area contributed by atoms with Gasteiger partial charge in [0.05, 0.1) is 6.26 Å².